The number of thioether (sulfide) groups is 1. The van der Waals surface area contributed by atoms with E-state index in [4.69, 9.17) is 0 Å². The molecule has 0 aromatic heterocycles. The van der Waals surface area contributed by atoms with Crippen molar-refractivity contribution >= 4 is 11.8 Å². The third kappa shape index (κ3) is 15.8. The first-order valence-electron chi connectivity index (χ1n) is 7.29. The second kappa shape index (κ2) is 15.8. The monoisotopic (exact) mass is 254 g/mol. The van der Waals surface area contributed by atoms with Crippen LogP contribution in [0, 0.1) is 0 Å². The van der Waals surface area contributed by atoms with Crippen LogP contribution in [-0.4, -0.2) is 11.5 Å². The second-order valence-electron chi connectivity index (χ2n) is 4.42. The van der Waals surface area contributed by atoms with E-state index in [9.17, 15) is 0 Å². The van der Waals surface area contributed by atoms with Crippen molar-refractivity contribution in [1.82, 2.24) is 0 Å². The summed E-state index contributed by atoms with van der Waals surface area (Å²) in [5.41, 5.74) is 0. The van der Waals surface area contributed by atoms with Gasteiger partial charge in [0.05, 0.1) is 0 Å². The lowest BCUT2D eigenvalue weighted by molar-refractivity contribution is 0.812. The molecule has 0 fully saturated rings. The van der Waals surface area contributed by atoms with E-state index in [0.717, 1.165) is 0 Å². The Labute approximate surface area is 113 Å². The molecule has 0 aliphatic heterocycles. The summed E-state index contributed by atoms with van der Waals surface area (Å²) in [6.45, 7) is 4.50. The molecule has 0 unspecified atom stereocenters. The summed E-state index contributed by atoms with van der Waals surface area (Å²) >= 11 is 2.08. The van der Waals surface area contributed by atoms with Gasteiger partial charge >= 0.3 is 0 Å². The highest BCUT2D eigenvalue weighted by atomic mass is 32.2. The number of unbranched alkanes of at least 4 members (excludes halogenated alkanes) is 4. The van der Waals surface area contributed by atoms with Crippen LogP contribution in [0.5, 0.6) is 0 Å². The Hall–Kier alpha value is -0.170. The molecule has 0 atom stereocenters. The Morgan fingerprint density at radius 3 is 1.47 bits per heavy atom. The van der Waals surface area contributed by atoms with E-state index < -0.39 is 0 Å². The van der Waals surface area contributed by atoms with E-state index in [1.165, 1.54) is 62.9 Å². The molecule has 0 amide bonds. The Kier molecular flexibility index (Phi) is 15.7. The molecule has 100 valence electrons. The van der Waals surface area contributed by atoms with E-state index in [1.807, 2.05) is 0 Å². The van der Waals surface area contributed by atoms with Gasteiger partial charge in [-0.15, -0.1) is 0 Å². The summed E-state index contributed by atoms with van der Waals surface area (Å²) in [4.78, 5) is 0. The molecule has 0 nitrogen and oxygen atoms in total. The number of hydrogen-bond donors (Lipinski definition) is 0. The van der Waals surface area contributed by atoms with Gasteiger partial charge in [-0.05, 0) is 37.2 Å². The van der Waals surface area contributed by atoms with Crippen LogP contribution in [0.1, 0.15) is 65.2 Å². The molecule has 0 saturated heterocycles. The van der Waals surface area contributed by atoms with Crippen molar-refractivity contribution in [3.63, 3.8) is 0 Å². The van der Waals surface area contributed by atoms with Crippen LogP contribution in [0.25, 0.3) is 0 Å². The molecule has 0 aliphatic carbocycles. The molecule has 0 aromatic rings. The Balaban J connectivity index is 3.07. The zero-order valence-electron chi connectivity index (χ0n) is 11.8. The van der Waals surface area contributed by atoms with Gasteiger partial charge in [0, 0.05) is 0 Å². The number of allylic oxidation sites excluding steroid dienone is 4. The van der Waals surface area contributed by atoms with Gasteiger partial charge in [0.15, 0.2) is 0 Å². The van der Waals surface area contributed by atoms with Crippen LogP contribution in [0.15, 0.2) is 24.3 Å². The molecule has 0 rings (SSSR count). The average Bonchev–Trinajstić information content (AvgIpc) is 2.35. The van der Waals surface area contributed by atoms with Crippen molar-refractivity contribution in [1.29, 1.82) is 0 Å². The van der Waals surface area contributed by atoms with Gasteiger partial charge in [0.25, 0.3) is 0 Å². The summed E-state index contributed by atoms with van der Waals surface area (Å²) in [5, 5.41) is 0. The maximum atomic E-state index is 2.35. The summed E-state index contributed by atoms with van der Waals surface area (Å²) in [6, 6.07) is 0. The molecule has 1 heteroatoms. The third-order valence-electron chi connectivity index (χ3n) is 2.64. The van der Waals surface area contributed by atoms with Gasteiger partial charge in [0.1, 0.15) is 0 Å². The Morgan fingerprint density at radius 2 is 1.06 bits per heavy atom. The van der Waals surface area contributed by atoms with Crippen molar-refractivity contribution in [3.8, 4) is 0 Å². The summed E-state index contributed by atoms with van der Waals surface area (Å²) < 4.78 is 0. The predicted molar refractivity (Wildman–Crippen MR) is 83.9 cm³/mol. The molecule has 0 aromatic carbocycles. The number of hydrogen-bond acceptors (Lipinski definition) is 1. The minimum atomic E-state index is 1.24. The van der Waals surface area contributed by atoms with Gasteiger partial charge in [-0.25, -0.2) is 0 Å². The molecular formula is C16H30S. The van der Waals surface area contributed by atoms with Crippen LogP contribution >= 0.6 is 11.8 Å². The predicted octanol–water partition coefficient (Wildman–Crippen LogP) is 5.99. The van der Waals surface area contributed by atoms with Crippen molar-refractivity contribution in [2.24, 2.45) is 0 Å². The normalized spacial score (nSPS) is 11.9. The van der Waals surface area contributed by atoms with Crippen molar-refractivity contribution in [3.05, 3.63) is 24.3 Å². The zero-order chi connectivity index (χ0) is 12.6. The van der Waals surface area contributed by atoms with Crippen LogP contribution < -0.4 is 0 Å². The van der Waals surface area contributed by atoms with Crippen LogP contribution in [0.2, 0.25) is 0 Å². The Bertz CT molecular complexity index is 162. The highest BCUT2D eigenvalue weighted by molar-refractivity contribution is 7.99. The van der Waals surface area contributed by atoms with E-state index in [1.54, 1.807) is 0 Å². The van der Waals surface area contributed by atoms with E-state index in [2.05, 4.69) is 49.9 Å². The first-order valence-corrected chi connectivity index (χ1v) is 8.45. The molecule has 17 heavy (non-hydrogen) atoms. The minimum Gasteiger partial charge on any atom is -0.161 e. The lowest BCUT2D eigenvalue weighted by Gasteiger charge is -1.96. The molecule has 0 saturated carbocycles. The van der Waals surface area contributed by atoms with E-state index >= 15 is 0 Å². The summed E-state index contributed by atoms with van der Waals surface area (Å²) in [5.74, 6) is 2.57. The fourth-order valence-corrected chi connectivity index (χ4v) is 2.33. The maximum absolute atomic E-state index is 2.35. The average molecular weight is 254 g/mol. The minimum absolute atomic E-state index is 1.24. The molecule has 0 N–H and O–H groups in total. The van der Waals surface area contributed by atoms with Gasteiger partial charge in [-0.1, -0.05) is 63.8 Å². The standard InChI is InChI=1S/C16H30S/c1-3-5-7-9-11-13-15-17-16-14-12-10-8-6-4-2/h9-12H,3-8,13-16H2,1-2H3/b11-9+,12-10+. The second-order valence-corrected chi connectivity index (χ2v) is 5.64. The maximum Gasteiger partial charge on any atom is -0.00328 e. The smallest absolute Gasteiger partial charge is 0.00328 e. The van der Waals surface area contributed by atoms with E-state index in [-0.39, 0.29) is 0 Å². The van der Waals surface area contributed by atoms with Crippen LogP contribution in [0.3, 0.4) is 0 Å². The van der Waals surface area contributed by atoms with Crippen LogP contribution in [-0.2, 0) is 0 Å². The first kappa shape index (κ1) is 16.8. The SMILES string of the molecule is CCCC/C=C/CCSCC/C=C/CCCC. The van der Waals surface area contributed by atoms with Gasteiger partial charge in [-0.2, -0.15) is 11.8 Å². The summed E-state index contributed by atoms with van der Waals surface area (Å²) in [6.07, 6.45) is 19.7. The molecule has 0 spiro atoms. The number of rotatable bonds is 12. The van der Waals surface area contributed by atoms with Crippen LogP contribution in [0.4, 0.5) is 0 Å². The first-order chi connectivity index (χ1) is 8.41. The highest BCUT2D eigenvalue weighted by Gasteiger charge is 1.86. The lowest BCUT2D eigenvalue weighted by Crippen LogP contribution is -1.80. The molecule has 0 heterocycles. The summed E-state index contributed by atoms with van der Waals surface area (Å²) in [7, 11) is 0. The van der Waals surface area contributed by atoms with Crippen molar-refractivity contribution in [2.75, 3.05) is 11.5 Å². The van der Waals surface area contributed by atoms with Gasteiger partial charge < -0.3 is 0 Å². The van der Waals surface area contributed by atoms with Gasteiger partial charge in [-0.3, -0.25) is 0 Å². The topological polar surface area (TPSA) is 0 Å². The Morgan fingerprint density at radius 1 is 0.647 bits per heavy atom. The molecular weight excluding hydrogens is 224 g/mol. The largest absolute Gasteiger partial charge is 0.161 e. The molecule has 0 bridgehead atoms. The third-order valence-corrected chi connectivity index (χ3v) is 3.69. The quantitative estimate of drug-likeness (QED) is 0.304. The van der Waals surface area contributed by atoms with Crippen molar-refractivity contribution in [2.45, 2.75) is 65.2 Å². The zero-order valence-corrected chi connectivity index (χ0v) is 12.6. The highest BCUT2D eigenvalue weighted by Crippen LogP contribution is 2.07. The molecule has 0 radical (unpaired) electrons. The fraction of sp³-hybridized carbons (Fsp3) is 0.750. The van der Waals surface area contributed by atoms with Crippen molar-refractivity contribution < 1.29 is 0 Å². The lowest BCUT2D eigenvalue weighted by atomic mass is 10.2. The van der Waals surface area contributed by atoms with E-state index in [0.29, 0.717) is 0 Å². The fourth-order valence-electron chi connectivity index (χ4n) is 1.52. The molecule has 0 aliphatic rings. The van der Waals surface area contributed by atoms with Gasteiger partial charge in [0.2, 0.25) is 0 Å².